The van der Waals surface area contributed by atoms with Gasteiger partial charge in [0, 0.05) is 32.9 Å². The van der Waals surface area contributed by atoms with Crippen molar-refractivity contribution in [3.05, 3.63) is 17.5 Å². The molecule has 7 heteroatoms. The van der Waals surface area contributed by atoms with E-state index in [1.54, 1.807) is 9.58 Å². The molecule has 3 rings (SSSR count). The van der Waals surface area contributed by atoms with Crippen LogP contribution in [0.25, 0.3) is 0 Å². The lowest BCUT2D eigenvalue weighted by Gasteiger charge is -2.39. The molecule has 1 unspecified atom stereocenters. The molecule has 2 aliphatic heterocycles. The molecule has 1 aromatic heterocycles. The number of likely N-dealkylation sites (tertiary alicyclic amines) is 1. The highest BCUT2D eigenvalue weighted by Crippen LogP contribution is 2.23. The Morgan fingerprint density at radius 1 is 1.36 bits per heavy atom. The van der Waals surface area contributed by atoms with Crippen molar-refractivity contribution < 1.29 is 9.59 Å². The fourth-order valence-electron chi connectivity index (χ4n) is 3.88. The van der Waals surface area contributed by atoms with Gasteiger partial charge in [0.25, 0.3) is 5.91 Å². The van der Waals surface area contributed by atoms with E-state index in [1.807, 2.05) is 27.1 Å². The average molecular weight is 347 g/mol. The van der Waals surface area contributed by atoms with Crippen molar-refractivity contribution >= 4 is 11.8 Å². The van der Waals surface area contributed by atoms with E-state index < -0.39 is 0 Å². The minimum Gasteiger partial charge on any atom is -0.355 e. The second-order valence-electron chi connectivity index (χ2n) is 7.41. The highest BCUT2D eigenvalue weighted by molar-refractivity contribution is 5.92. The van der Waals surface area contributed by atoms with Crippen molar-refractivity contribution in [2.45, 2.75) is 38.6 Å². The largest absolute Gasteiger partial charge is 0.355 e. The number of hydrogen-bond donors (Lipinski definition) is 1. The van der Waals surface area contributed by atoms with Gasteiger partial charge >= 0.3 is 0 Å². The summed E-state index contributed by atoms with van der Waals surface area (Å²) in [7, 11) is 3.70. The number of rotatable bonds is 4. The molecule has 0 bridgehead atoms. The van der Waals surface area contributed by atoms with Gasteiger partial charge in [-0.05, 0) is 57.7 Å². The summed E-state index contributed by atoms with van der Waals surface area (Å²) in [6, 6.07) is 1.88. The van der Waals surface area contributed by atoms with E-state index in [2.05, 4.69) is 15.3 Å². The summed E-state index contributed by atoms with van der Waals surface area (Å²) in [5.74, 6) is 0.655. The smallest absolute Gasteiger partial charge is 0.274 e. The number of aryl methyl sites for hydroxylation is 2. The predicted octanol–water partition coefficient (Wildman–Crippen LogP) is 0.791. The Kier molecular flexibility index (Phi) is 5.42. The number of nitrogens with zero attached hydrogens (tertiary/aromatic N) is 4. The van der Waals surface area contributed by atoms with Crippen LogP contribution in [0, 0.1) is 12.8 Å². The summed E-state index contributed by atoms with van der Waals surface area (Å²) in [6.45, 7) is 5.38. The molecule has 1 N–H and O–H groups in total. The van der Waals surface area contributed by atoms with E-state index in [0.717, 1.165) is 57.6 Å². The molecule has 7 nitrogen and oxygen atoms in total. The minimum absolute atomic E-state index is 0.0159. The Bertz CT molecular complexity index is 614. The Labute approximate surface area is 149 Å². The number of carbonyl (C=O) groups is 2. The van der Waals surface area contributed by atoms with Gasteiger partial charge in [0.2, 0.25) is 5.91 Å². The highest BCUT2D eigenvalue weighted by Gasteiger charge is 2.32. The number of carbonyl (C=O) groups excluding carboxylic acids is 2. The molecule has 0 aromatic carbocycles. The summed E-state index contributed by atoms with van der Waals surface area (Å²) < 4.78 is 1.73. The van der Waals surface area contributed by atoms with Crippen LogP contribution >= 0.6 is 0 Å². The van der Waals surface area contributed by atoms with Gasteiger partial charge in [-0.3, -0.25) is 19.2 Å². The second kappa shape index (κ2) is 7.56. The molecule has 2 saturated heterocycles. The Hall–Kier alpha value is -1.89. The first-order chi connectivity index (χ1) is 12.0. The van der Waals surface area contributed by atoms with Gasteiger partial charge in [-0.1, -0.05) is 0 Å². The van der Waals surface area contributed by atoms with Gasteiger partial charge in [-0.15, -0.1) is 0 Å². The maximum absolute atomic E-state index is 12.5. The minimum atomic E-state index is -0.0159. The third kappa shape index (κ3) is 4.03. The normalized spacial score (nSPS) is 22.7. The van der Waals surface area contributed by atoms with Crippen molar-refractivity contribution in [3.8, 4) is 0 Å². The summed E-state index contributed by atoms with van der Waals surface area (Å²) in [5, 5.41) is 7.25. The molecule has 0 saturated carbocycles. The molecule has 0 radical (unpaired) electrons. The fraction of sp³-hybridized carbons (Fsp3) is 0.722. The van der Waals surface area contributed by atoms with E-state index in [9.17, 15) is 9.59 Å². The fourth-order valence-corrected chi connectivity index (χ4v) is 3.88. The Balaban J connectivity index is 1.49. The SMILES string of the molecule is Cc1cc(C(=O)N(C)CC2CCN(C3CCCNC3=O)CC2)nn1C. The molecule has 1 atom stereocenters. The first-order valence-corrected chi connectivity index (χ1v) is 9.23. The zero-order valence-corrected chi connectivity index (χ0v) is 15.5. The van der Waals surface area contributed by atoms with Crippen molar-refractivity contribution in [2.24, 2.45) is 13.0 Å². The molecular formula is C18H29N5O2. The molecule has 2 amide bonds. The molecule has 138 valence electrons. The number of hydrogen-bond acceptors (Lipinski definition) is 4. The van der Waals surface area contributed by atoms with Gasteiger partial charge in [0.1, 0.15) is 0 Å². The van der Waals surface area contributed by atoms with E-state index in [-0.39, 0.29) is 17.9 Å². The first-order valence-electron chi connectivity index (χ1n) is 9.23. The van der Waals surface area contributed by atoms with Crippen molar-refractivity contribution in [3.63, 3.8) is 0 Å². The Morgan fingerprint density at radius 3 is 2.68 bits per heavy atom. The molecule has 3 heterocycles. The number of amides is 2. The van der Waals surface area contributed by atoms with Crippen LogP contribution in [0.5, 0.6) is 0 Å². The monoisotopic (exact) mass is 347 g/mol. The third-order valence-corrected chi connectivity index (χ3v) is 5.56. The number of piperidine rings is 2. The summed E-state index contributed by atoms with van der Waals surface area (Å²) in [5.41, 5.74) is 1.50. The number of aromatic nitrogens is 2. The second-order valence-corrected chi connectivity index (χ2v) is 7.41. The molecule has 2 fully saturated rings. The quantitative estimate of drug-likeness (QED) is 0.874. The standard InChI is InChI=1S/C18H29N5O2/c1-13-11-15(20-22(13)3)18(25)21(2)12-14-6-9-23(10-7-14)16-5-4-8-19-17(16)24/h11,14,16H,4-10,12H2,1-3H3,(H,19,24). The van der Waals surface area contributed by atoms with Crippen LogP contribution in [0.4, 0.5) is 0 Å². The van der Waals surface area contributed by atoms with Gasteiger partial charge < -0.3 is 10.2 Å². The summed E-state index contributed by atoms with van der Waals surface area (Å²) >= 11 is 0. The lowest BCUT2D eigenvalue weighted by molar-refractivity contribution is -0.128. The summed E-state index contributed by atoms with van der Waals surface area (Å²) in [4.78, 5) is 28.6. The topological polar surface area (TPSA) is 70.5 Å². The van der Waals surface area contributed by atoms with E-state index in [1.165, 1.54) is 0 Å². The zero-order chi connectivity index (χ0) is 18.0. The van der Waals surface area contributed by atoms with Gasteiger partial charge in [-0.2, -0.15) is 5.10 Å². The van der Waals surface area contributed by atoms with Crippen molar-refractivity contribution in [2.75, 3.05) is 33.2 Å². The van der Waals surface area contributed by atoms with Crippen molar-refractivity contribution in [1.29, 1.82) is 0 Å². The molecule has 25 heavy (non-hydrogen) atoms. The van der Waals surface area contributed by atoms with Gasteiger partial charge in [0.15, 0.2) is 5.69 Å². The van der Waals surface area contributed by atoms with Gasteiger partial charge in [0.05, 0.1) is 6.04 Å². The van der Waals surface area contributed by atoms with Crippen LogP contribution in [0.15, 0.2) is 6.07 Å². The maximum atomic E-state index is 12.5. The number of nitrogens with one attached hydrogen (secondary N) is 1. The third-order valence-electron chi connectivity index (χ3n) is 5.56. The van der Waals surface area contributed by atoms with Crippen LogP contribution in [-0.4, -0.2) is 70.7 Å². The molecule has 2 aliphatic rings. The maximum Gasteiger partial charge on any atom is 0.274 e. The molecule has 0 aliphatic carbocycles. The molecule has 0 spiro atoms. The van der Waals surface area contributed by atoms with Crippen LogP contribution in [0.1, 0.15) is 41.9 Å². The molecular weight excluding hydrogens is 318 g/mol. The summed E-state index contributed by atoms with van der Waals surface area (Å²) in [6.07, 6.45) is 4.09. The lowest BCUT2D eigenvalue weighted by atomic mass is 9.93. The van der Waals surface area contributed by atoms with E-state index in [4.69, 9.17) is 0 Å². The van der Waals surface area contributed by atoms with Gasteiger partial charge in [-0.25, -0.2) is 0 Å². The van der Waals surface area contributed by atoms with E-state index in [0.29, 0.717) is 11.6 Å². The Morgan fingerprint density at radius 2 is 2.08 bits per heavy atom. The zero-order valence-electron chi connectivity index (χ0n) is 15.5. The average Bonchev–Trinajstić information content (AvgIpc) is 2.94. The first kappa shape index (κ1) is 17.9. The lowest BCUT2D eigenvalue weighted by Crippen LogP contribution is -2.53. The predicted molar refractivity (Wildman–Crippen MR) is 95.2 cm³/mol. The van der Waals surface area contributed by atoms with Crippen LogP contribution < -0.4 is 5.32 Å². The van der Waals surface area contributed by atoms with Crippen molar-refractivity contribution in [1.82, 2.24) is 24.9 Å². The van der Waals surface area contributed by atoms with Crippen LogP contribution in [-0.2, 0) is 11.8 Å². The molecule has 1 aromatic rings. The van der Waals surface area contributed by atoms with Crippen LogP contribution in [0.3, 0.4) is 0 Å². The highest BCUT2D eigenvalue weighted by atomic mass is 16.2. The van der Waals surface area contributed by atoms with Crippen LogP contribution in [0.2, 0.25) is 0 Å². The van der Waals surface area contributed by atoms with E-state index >= 15 is 0 Å².